The maximum absolute atomic E-state index is 13.7. The molecule has 4 rings (SSSR count). The number of ether oxygens (including phenoxy) is 2. The molecule has 0 radical (unpaired) electrons. The van der Waals surface area contributed by atoms with E-state index >= 15 is 0 Å². The van der Waals surface area contributed by atoms with Crippen LogP contribution >= 0.6 is 0 Å². The van der Waals surface area contributed by atoms with Gasteiger partial charge >= 0.3 is 18.1 Å². The third-order valence-corrected chi connectivity index (χ3v) is 4.59. The average molecular weight is 443 g/mol. The second kappa shape index (κ2) is 6.66. The Bertz CT molecular complexity index is 1340. The van der Waals surface area contributed by atoms with Crippen molar-refractivity contribution < 1.29 is 31.8 Å². The lowest BCUT2D eigenvalue weighted by molar-refractivity contribution is -0.461. The van der Waals surface area contributed by atoms with Crippen molar-refractivity contribution in [2.24, 2.45) is 14.1 Å². The first kappa shape index (κ1) is 20.6. The van der Waals surface area contributed by atoms with Gasteiger partial charge in [-0.25, -0.2) is 14.5 Å². The first-order chi connectivity index (χ1) is 14.4. The maximum atomic E-state index is 13.7. The Morgan fingerprint density at radius 2 is 1.87 bits per heavy atom. The number of benzene rings is 1. The third-order valence-electron chi connectivity index (χ3n) is 4.59. The zero-order chi connectivity index (χ0) is 22.7. The van der Waals surface area contributed by atoms with Gasteiger partial charge in [-0.15, -0.1) is 8.78 Å². The van der Waals surface area contributed by atoms with Gasteiger partial charge in [0, 0.05) is 25.8 Å². The Kier molecular flexibility index (Phi) is 4.43. The quantitative estimate of drug-likeness (QED) is 0.607. The summed E-state index contributed by atoms with van der Waals surface area (Å²) >= 11 is 0. The van der Waals surface area contributed by atoms with E-state index in [1.165, 1.54) is 25.0 Å². The Hall–Kier alpha value is -3.68. The molecular formula is C17H13F4N5O5. The number of alkyl halides is 4. The molecule has 0 atom stereocenters. The van der Waals surface area contributed by atoms with Crippen molar-refractivity contribution in [2.45, 2.75) is 18.9 Å². The summed E-state index contributed by atoms with van der Waals surface area (Å²) in [5.41, 5.74) is -2.25. The summed E-state index contributed by atoms with van der Waals surface area (Å²) in [4.78, 5) is 40.7. The van der Waals surface area contributed by atoms with Crippen LogP contribution in [0.2, 0.25) is 0 Å². The third kappa shape index (κ3) is 3.43. The highest BCUT2D eigenvalue weighted by Gasteiger charge is 2.54. The fraction of sp³-hybridized carbons (Fsp3) is 0.294. The smallest absolute Gasteiger partial charge is 0.409 e. The Labute approximate surface area is 169 Å². The summed E-state index contributed by atoms with van der Waals surface area (Å²) in [6.07, 6.45) is -7.66. The first-order valence-corrected chi connectivity index (χ1v) is 8.60. The van der Waals surface area contributed by atoms with Crippen molar-refractivity contribution in [3.05, 3.63) is 50.9 Å². The van der Waals surface area contributed by atoms with Gasteiger partial charge in [0.05, 0.1) is 11.9 Å². The molecule has 0 saturated carbocycles. The summed E-state index contributed by atoms with van der Waals surface area (Å²) in [7, 11) is 2.67. The van der Waals surface area contributed by atoms with Crippen LogP contribution in [0.5, 0.6) is 5.75 Å². The van der Waals surface area contributed by atoms with Crippen LogP contribution in [0, 0.1) is 0 Å². The standard InChI is InChI=1S/C17H13F4N5O5/c1-24-13-12(14(28)25(2)15(24)29)26(7-22-13)6-11(27)23-8-3-4-9-10(5-8)30-17(20,21)31-16(9,18)19/h3-5,7H,6H2,1-2H3,(H,23,27). The molecule has 0 unspecified atom stereocenters. The first-order valence-electron chi connectivity index (χ1n) is 8.60. The number of rotatable bonds is 3. The molecule has 0 spiro atoms. The molecule has 1 aromatic carbocycles. The zero-order valence-corrected chi connectivity index (χ0v) is 15.9. The van der Waals surface area contributed by atoms with Crippen LogP contribution in [0.4, 0.5) is 23.2 Å². The van der Waals surface area contributed by atoms with Crippen LogP contribution < -0.4 is 21.3 Å². The van der Waals surface area contributed by atoms with Crippen molar-refractivity contribution in [3.8, 4) is 5.75 Å². The lowest BCUT2D eigenvalue weighted by Crippen LogP contribution is -2.41. The van der Waals surface area contributed by atoms with Gasteiger partial charge in [-0.1, -0.05) is 0 Å². The van der Waals surface area contributed by atoms with Crippen molar-refractivity contribution in [1.82, 2.24) is 18.7 Å². The summed E-state index contributed by atoms with van der Waals surface area (Å²) in [6.45, 7) is -0.433. The van der Waals surface area contributed by atoms with Crippen LogP contribution in [0.3, 0.4) is 0 Å². The predicted molar refractivity (Wildman–Crippen MR) is 95.8 cm³/mol. The van der Waals surface area contributed by atoms with Gasteiger partial charge in [-0.3, -0.25) is 18.7 Å². The number of halogens is 4. The van der Waals surface area contributed by atoms with E-state index in [9.17, 15) is 31.9 Å². The molecule has 2 aromatic heterocycles. The number of nitrogens with one attached hydrogen (secondary N) is 1. The fourth-order valence-electron chi connectivity index (χ4n) is 3.15. The van der Waals surface area contributed by atoms with E-state index in [0.717, 1.165) is 27.3 Å². The summed E-state index contributed by atoms with van der Waals surface area (Å²) in [5, 5.41) is 2.33. The van der Waals surface area contributed by atoms with E-state index in [-0.39, 0.29) is 16.9 Å². The molecule has 31 heavy (non-hydrogen) atoms. The largest absolute Gasteiger partial charge is 0.540 e. The minimum Gasteiger partial charge on any atom is -0.409 e. The number of hydrogen-bond donors (Lipinski definition) is 1. The van der Waals surface area contributed by atoms with Crippen LogP contribution in [0.1, 0.15) is 5.56 Å². The lowest BCUT2D eigenvalue weighted by atomic mass is 10.1. The van der Waals surface area contributed by atoms with E-state index in [1.807, 2.05) is 0 Å². The maximum Gasteiger partial charge on any atom is 0.540 e. The van der Waals surface area contributed by atoms with Crippen molar-refractivity contribution in [1.29, 1.82) is 0 Å². The van der Waals surface area contributed by atoms with Crippen LogP contribution in [0.25, 0.3) is 11.2 Å². The molecule has 0 aliphatic carbocycles. The van der Waals surface area contributed by atoms with Crippen LogP contribution in [0.15, 0.2) is 34.1 Å². The number of nitrogens with zero attached hydrogens (tertiary/aromatic N) is 4. The second-order valence-electron chi connectivity index (χ2n) is 6.69. The highest BCUT2D eigenvalue weighted by Crippen LogP contribution is 2.46. The zero-order valence-electron chi connectivity index (χ0n) is 15.9. The Morgan fingerprint density at radius 3 is 2.58 bits per heavy atom. The summed E-state index contributed by atoms with van der Waals surface area (Å²) in [6, 6.07) is 2.63. The molecule has 0 bridgehead atoms. The monoisotopic (exact) mass is 443 g/mol. The summed E-state index contributed by atoms with van der Waals surface area (Å²) < 4.78 is 64.4. The van der Waals surface area contributed by atoms with E-state index < -0.39 is 47.4 Å². The van der Waals surface area contributed by atoms with Crippen LogP contribution in [-0.2, 0) is 36.3 Å². The molecule has 0 saturated heterocycles. The topological polar surface area (TPSA) is 109 Å². The molecule has 1 aliphatic heterocycles. The number of amides is 1. The van der Waals surface area contributed by atoms with E-state index in [0.29, 0.717) is 0 Å². The summed E-state index contributed by atoms with van der Waals surface area (Å²) in [5.74, 6) is -1.59. The number of aromatic nitrogens is 4. The normalized spacial score (nSPS) is 16.6. The molecule has 14 heteroatoms. The van der Waals surface area contributed by atoms with Gasteiger partial charge in [-0.2, -0.15) is 8.78 Å². The Morgan fingerprint density at radius 1 is 1.16 bits per heavy atom. The van der Waals surface area contributed by atoms with Crippen LogP contribution in [-0.4, -0.2) is 30.9 Å². The molecule has 10 nitrogen and oxygen atoms in total. The molecule has 1 amide bonds. The van der Waals surface area contributed by atoms with Crippen molar-refractivity contribution in [3.63, 3.8) is 0 Å². The minimum atomic E-state index is -4.55. The highest BCUT2D eigenvalue weighted by atomic mass is 19.3. The molecule has 164 valence electrons. The second-order valence-corrected chi connectivity index (χ2v) is 6.69. The molecule has 1 N–H and O–H groups in total. The van der Waals surface area contributed by atoms with Gasteiger partial charge in [-0.05, 0) is 12.1 Å². The molecular weight excluding hydrogens is 430 g/mol. The minimum absolute atomic E-state index is 0.00930. The Balaban J connectivity index is 1.61. The number of hydrogen-bond acceptors (Lipinski definition) is 6. The van der Waals surface area contributed by atoms with Gasteiger partial charge < -0.3 is 14.6 Å². The molecule has 0 fully saturated rings. The average Bonchev–Trinajstić information content (AvgIpc) is 3.06. The van der Waals surface area contributed by atoms with Gasteiger partial charge in [0.25, 0.3) is 5.56 Å². The molecule has 3 heterocycles. The van der Waals surface area contributed by atoms with E-state index in [4.69, 9.17) is 0 Å². The number of anilines is 1. The highest BCUT2D eigenvalue weighted by molar-refractivity contribution is 5.91. The fourth-order valence-corrected chi connectivity index (χ4v) is 3.15. The van der Waals surface area contributed by atoms with E-state index in [2.05, 4.69) is 19.8 Å². The lowest BCUT2D eigenvalue weighted by Gasteiger charge is -2.30. The van der Waals surface area contributed by atoms with Crippen molar-refractivity contribution >= 4 is 22.8 Å². The van der Waals surface area contributed by atoms with Crippen molar-refractivity contribution in [2.75, 3.05) is 5.32 Å². The molecule has 1 aliphatic rings. The number of aryl methyl sites for hydroxylation is 1. The SMILES string of the molecule is Cn1c(=O)c2c(ncn2CC(=O)Nc2ccc3c(c2)OC(F)(F)OC3(F)F)n(C)c1=O. The van der Waals surface area contributed by atoms with Gasteiger partial charge in [0.15, 0.2) is 11.2 Å². The number of imidazole rings is 1. The number of carbonyl (C=O) groups excluding carboxylic acids is 1. The predicted octanol–water partition coefficient (Wildman–Crippen LogP) is 1.08. The van der Waals surface area contributed by atoms with Gasteiger partial charge in [0.2, 0.25) is 5.91 Å². The van der Waals surface area contributed by atoms with Gasteiger partial charge in [0.1, 0.15) is 12.3 Å². The molecule has 3 aromatic rings. The van der Waals surface area contributed by atoms with E-state index in [1.54, 1.807) is 0 Å². The number of fused-ring (bicyclic) bond motifs is 2. The number of carbonyl (C=O) groups is 1.